The Hall–Kier alpha value is -0.780. The number of aliphatic hydroxyl groups is 3. The van der Waals surface area contributed by atoms with Gasteiger partial charge in [0, 0.05) is 18.3 Å². The summed E-state index contributed by atoms with van der Waals surface area (Å²) in [5.41, 5.74) is -0.000248. The summed E-state index contributed by atoms with van der Waals surface area (Å²) in [6.45, 7) is 6.03. The molecule has 1 fully saturated rings. The summed E-state index contributed by atoms with van der Waals surface area (Å²) in [4.78, 5) is 23.0. The highest BCUT2D eigenvalue weighted by molar-refractivity contribution is 5.86. The number of rotatable bonds is 19. The molecule has 0 heterocycles. The first-order valence-corrected chi connectivity index (χ1v) is 14.2. The number of ketones is 1. The van der Waals surface area contributed by atoms with Gasteiger partial charge in [-0.15, -0.1) is 0 Å². The van der Waals surface area contributed by atoms with Gasteiger partial charge in [0.05, 0.1) is 13.2 Å². The third kappa shape index (κ3) is 15.3. The summed E-state index contributed by atoms with van der Waals surface area (Å²) in [5, 5.41) is 24.0. The summed E-state index contributed by atoms with van der Waals surface area (Å²) in [6.07, 6.45) is 22.2. The lowest BCUT2D eigenvalue weighted by molar-refractivity contribution is -0.136. The van der Waals surface area contributed by atoms with E-state index in [9.17, 15) is 9.59 Å². The van der Waals surface area contributed by atoms with Crippen molar-refractivity contribution >= 4 is 12.1 Å². The molecular weight excluding hydrogens is 428 g/mol. The SMILES string of the molecule is CC1CCC(CCCCCCCCCCCCCCCC=O)(C(C)C)C(=O)C1.OCC(O)CO. The van der Waals surface area contributed by atoms with Gasteiger partial charge in [0.2, 0.25) is 0 Å². The molecule has 3 N–H and O–H groups in total. The van der Waals surface area contributed by atoms with E-state index < -0.39 is 6.10 Å². The second-order valence-electron chi connectivity index (χ2n) is 10.9. The molecule has 0 bridgehead atoms. The first kappa shape index (κ1) is 33.2. The summed E-state index contributed by atoms with van der Waals surface area (Å²) in [5.74, 6) is 1.66. The van der Waals surface area contributed by atoms with E-state index in [1.54, 1.807) is 0 Å². The molecule has 0 amide bonds. The Balaban J connectivity index is 0.00000160. The molecule has 1 aliphatic carbocycles. The molecule has 5 heteroatoms. The number of carbonyl (C=O) groups is 2. The normalized spacial score (nSPS) is 20.5. The van der Waals surface area contributed by atoms with Gasteiger partial charge in [-0.25, -0.2) is 0 Å². The van der Waals surface area contributed by atoms with Crippen molar-refractivity contribution in [2.75, 3.05) is 13.2 Å². The van der Waals surface area contributed by atoms with Crippen LogP contribution < -0.4 is 0 Å². The van der Waals surface area contributed by atoms with Gasteiger partial charge < -0.3 is 20.1 Å². The van der Waals surface area contributed by atoms with Crippen LogP contribution >= 0.6 is 0 Å². The van der Waals surface area contributed by atoms with Gasteiger partial charge in [-0.2, -0.15) is 0 Å². The molecule has 1 saturated carbocycles. The number of hydrogen-bond acceptors (Lipinski definition) is 5. The third-order valence-electron chi connectivity index (χ3n) is 7.64. The summed E-state index contributed by atoms with van der Waals surface area (Å²) in [6, 6.07) is 0. The van der Waals surface area contributed by atoms with Gasteiger partial charge in [0.25, 0.3) is 0 Å². The van der Waals surface area contributed by atoms with E-state index in [2.05, 4.69) is 20.8 Å². The van der Waals surface area contributed by atoms with Crippen LogP contribution in [-0.2, 0) is 9.59 Å². The molecule has 0 aromatic heterocycles. The second-order valence-corrected chi connectivity index (χ2v) is 10.9. The molecule has 0 aliphatic heterocycles. The van der Waals surface area contributed by atoms with Crippen LogP contribution in [0.15, 0.2) is 0 Å². The van der Waals surface area contributed by atoms with E-state index >= 15 is 0 Å². The van der Waals surface area contributed by atoms with E-state index in [4.69, 9.17) is 15.3 Å². The minimum Gasteiger partial charge on any atom is -0.394 e. The van der Waals surface area contributed by atoms with E-state index in [1.807, 2.05) is 0 Å². The van der Waals surface area contributed by atoms with Gasteiger partial charge >= 0.3 is 0 Å². The van der Waals surface area contributed by atoms with Gasteiger partial charge in [0.15, 0.2) is 0 Å². The van der Waals surface area contributed by atoms with Crippen LogP contribution in [0.2, 0.25) is 0 Å². The molecule has 1 aliphatic rings. The van der Waals surface area contributed by atoms with Crippen molar-refractivity contribution < 1.29 is 24.9 Å². The number of aliphatic hydroxyl groups excluding tert-OH is 3. The van der Waals surface area contributed by atoms with Crippen LogP contribution in [0.4, 0.5) is 0 Å². The molecule has 34 heavy (non-hydrogen) atoms. The molecule has 2 atom stereocenters. The summed E-state index contributed by atoms with van der Waals surface area (Å²) in [7, 11) is 0. The molecule has 202 valence electrons. The van der Waals surface area contributed by atoms with Crippen LogP contribution in [0.25, 0.3) is 0 Å². The zero-order valence-electron chi connectivity index (χ0n) is 22.6. The zero-order valence-corrected chi connectivity index (χ0v) is 22.6. The lowest BCUT2D eigenvalue weighted by Crippen LogP contribution is -2.41. The number of hydrogen-bond donors (Lipinski definition) is 3. The second kappa shape index (κ2) is 21.5. The fraction of sp³-hybridized carbons (Fsp3) is 0.931. The minimum absolute atomic E-state index is 0.000248. The Morgan fingerprint density at radius 1 is 0.853 bits per heavy atom. The van der Waals surface area contributed by atoms with Crippen molar-refractivity contribution in [3.63, 3.8) is 0 Å². The van der Waals surface area contributed by atoms with Crippen molar-refractivity contribution in [1.82, 2.24) is 0 Å². The van der Waals surface area contributed by atoms with Gasteiger partial charge in [-0.3, -0.25) is 4.79 Å². The topological polar surface area (TPSA) is 94.8 Å². The number of aldehydes is 1. The predicted octanol–water partition coefficient (Wildman–Crippen LogP) is 6.40. The highest BCUT2D eigenvalue weighted by atomic mass is 16.3. The van der Waals surface area contributed by atoms with Crippen LogP contribution in [0, 0.1) is 17.3 Å². The van der Waals surface area contributed by atoms with E-state index in [0.29, 0.717) is 17.6 Å². The van der Waals surface area contributed by atoms with Gasteiger partial charge in [0.1, 0.15) is 18.2 Å². The average molecular weight is 485 g/mol. The summed E-state index contributed by atoms with van der Waals surface area (Å²) >= 11 is 0. The lowest BCUT2D eigenvalue weighted by Gasteiger charge is -2.41. The zero-order chi connectivity index (χ0) is 25.7. The fourth-order valence-corrected chi connectivity index (χ4v) is 5.10. The Kier molecular flexibility index (Phi) is 21.0. The highest BCUT2D eigenvalue weighted by Gasteiger charge is 2.43. The maximum absolute atomic E-state index is 12.7. The fourth-order valence-electron chi connectivity index (χ4n) is 5.10. The Labute approximate surface area is 210 Å². The maximum Gasteiger partial charge on any atom is 0.139 e. The lowest BCUT2D eigenvalue weighted by atomic mass is 9.61. The Morgan fingerprint density at radius 3 is 1.65 bits per heavy atom. The van der Waals surface area contributed by atoms with Crippen molar-refractivity contribution in [1.29, 1.82) is 0 Å². The molecular formula is C29H56O5. The Bertz CT molecular complexity index is 489. The van der Waals surface area contributed by atoms with E-state index in [1.165, 1.54) is 83.5 Å². The number of unbranched alkanes of at least 4 members (excludes halogenated alkanes) is 13. The molecule has 0 radical (unpaired) electrons. The van der Waals surface area contributed by atoms with Crippen molar-refractivity contribution in [2.24, 2.45) is 17.3 Å². The number of Topliss-reactive ketones (excluding diaryl/α,β-unsaturated/α-hetero) is 1. The van der Waals surface area contributed by atoms with Gasteiger partial charge in [-0.05, 0) is 37.5 Å². The first-order chi connectivity index (χ1) is 16.3. The molecule has 0 aromatic rings. The standard InChI is InChI=1S/C26H48O2.C3H8O3/c1-23(2)26(20-18-24(3)22-25(26)28)19-16-14-12-10-8-6-4-5-7-9-11-13-15-17-21-27;4-1-3(6)2-5/h21,23-24H,4-20,22H2,1-3H3;3-6H,1-2H2. The van der Waals surface area contributed by atoms with Crippen LogP contribution in [-0.4, -0.2) is 46.7 Å². The summed E-state index contributed by atoms with van der Waals surface area (Å²) < 4.78 is 0. The molecule has 0 saturated heterocycles. The van der Waals surface area contributed by atoms with E-state index in [-0.39, 0.29) is 18.6 Å². The minimum atomic E-state index is -0.954. The average Bonchev–Trinajstić information content (AvgIpc) is 2.82. The van der Waals surface area contributed by atoms with E-state index in [0.717, 1.165) is 38.4 Å². The molecule has 1 rings (SSSR count). The Morgan fingerprint density at radius 2 is 1.29 bits per heavy atom. The van der Waals surface area contributed by atoms with Crippen LogP contribution in [0.5, 0.6) is 0 Å². The van der Waals surface area contributed by atoms with Crippen LogP contribution in [0.3, 0.4) is 0 Å². The maximum atomic E-state index is 12.7. The quantitative estimate of drug-likeness (QED) is 0.146. The largest absolute Gasteiger partial charge is 0.394 e. The van der Waals surface area contributed by atoms with Crippen molar-refractivity contribution in [3.05, 3.63) is 0 Å². The van der Waals surface area contributed by atoms with Crippen molar-refractivity contribution in [2.45, 2.75) is 142 Å². The molecule has 0 spiro atoms. The van der Waals surface area contributed by atoms with Crippen LogP contribution in [0.1, 0.15) is 136 Å². The smallest absolute Gasteiger partial charge is 0.139 e. The molecule has 5 nitrogen and oxygen atoms in total. The highest BCUT2D eigenvalue weighted by Crippen LogP contribution is 2.45. The molecule has 0 aromatic carbocycles. The van der Waals surface area contributed by atoms with Crippen molar-refractivity contribution in [3.8, 4) is 0 Å². The van der Waals surface area contributed by atoms with Gasteiger partial charge in [-0.1, -0.05) is 97.8 Å². The predicted molar refractivity (Wildman–Crippen MR) is 141 cm³/mol. The third-order valence-corrected chi connectivity index (χ3v) is 7.64. The monoisotopic (exact) mass is 484 g/mol. The first-order valence-electron chi connectivity index (χ1n) is 14.2. The molecule has 2 unspecified atom stereocenters. The number of carbonyl (C=O) groups excluding carboxylic acids is 2.